The fraction of sp³-hybridized carbons (Fsp3) is 0.0286. The molecule has 0 saturated carbocycles. The van der Waals surface area contributed by atoms with Crippen LogP contribution >= 0.6 is 0 Å². The van der Waals surface area contributed by atoms with Gasteiger partial charge in [-0.3, -0.25) is 0 Å². The van der Waals surface area contributed by atoms with Crippen molar-refractivity contribution in [3.8, 4) is 61.3 Å². The molecule has 108 heavy (non-hydrogen) atoms. The SMILES string of the molecule is c1ccc(-c2ccc(N(c3ccc4c(c3)C3(c5ccccc5-4)c4ccccc4-n4c5ccccc5c5cccc3c54)c3cccc4c3-c3ccccc3C4(c3ccccc3)c3ccccc3)cc2)cc1.c1ccc(-c2ccc(Nc3cccc4c3-c3ccccc3C4(c3ccccc3)c3ccccc3)cc2)cc1. The molecule has 1 atom stereocenters. The molecule has 1 spiro atoms. The molecule has 3 heteroatoms. The number of rotatable bonds is 11. The number of benzene rings is 17. The summed E-state index contributed by atoms with van der Waals surface area (Å²) >= 11 is 0. The molecule has 0 bridgehead atoms. The molecular weight excluding hydrogens is 1300 g/mol. The lowest BCUT2D eigenvalue weighted by molar-refractivity contribution is 0.748. The van der Waals surface area contributed by atoms with Crippen LogP contribution in [0.5, 0.6) is 0 Å². The molecule has 1 aliphatic heterocycles. The number of hydrogen-bond donors (Lipinski definition) is 1. The molecule has 22 rings (SSSR count). The minimum absolute atomic E-state index is 0.386. The molecule has 4 aliphatic rings. The van der Waals surface area contributed by atoms with E-state index in [4.69, 9.17) is 0 Å². The molecule has 17 aromatic carbocycles. The average Bonchev–Trinajstić information content (AvgIpc) is 1.49. The molecule has 18 aromatic rings. The van der Waals surface area contributed by atoms with Crippen LogP contribution in [-0.2, 0) is 16.2 Å². The van der Waals surface area contributed by atoms with E-state index in [9.17, 15) is 0 Å². The summed E-state index contributed by atoms with van der Waals surface area (Å²) in [5.41, 5.74) is 35.7. The summed E-state index contributed by atoms with van der Waals surface area (Å²) in [6.07, 6.45) is 0. The van der Waals surface area contributed by atoms with Crippen molar-refractivity contribution in [3.05, 3.63) is 491 Å². The van der Waals surface area contributed by atoms with Gasteiger partial charge in [-0.05, 0) is 172 Å². The van der Waals surface area contributed by atoms with Gasteiger partial charge in [-0.1, -0.05) is 364 Å². The largest absolute Gasteiger partial charge is 0.355 e. The topological polar surface area (TPSA) is 20.2 Å². The number of hydrogen-bond acceptors (Lipinski definition) is 2. The number of para-hydroxylation sites is 3. The number of aromatic nitrogens is 1. The highest BCUT2D eigenvalue weighted by molar-refractivity contribution is 6.13. The van der Waals surface area contributed by atoms with E-state index in [1.807, 2.05) is 0 Å². The number of nitrogens with one attached hydrogen (secondary N) is 1. The zero-order valence-electron chi connectivity index (χ0n) is 59.3. The molecule has 1 unspecified atom stereocenters. The van der Waals surface area contributed by atoms with Crippen molar-refractivity contribution in [1.29, 1.82) is 0 Å². The molecule has 3 nitrogen and oxygen atoms in total. The van der Waals surface area contributed by atoms with Crippen molar-refractivity contribution in [3.63, 3.8) is 0 Å². The van der Waals surface area contributed by atoms with Crippen LogP contribution in [0.25, 0.3) is 83.1 Å². The lowest BCUT2D eigenvalue weighted by Crippen LogP contribution is -2.33. The maximum atomic E-state index is 3.76. The Balaban J connectivity index is 0.000000165. The van der Waals surface area contributed by atoms with Crippen LogP contribution in [0.15, 0.2) is 425 Å². The summed E-state index contributed by atoms with van der Waals surface area (Å²) < 4.78 is 2.53. The Morgan fingerprint density at radius 2 is 0.639 bits per heavy atom. The second-order valence-electron chi connectivity index (χ2n) is 28.9. The summed E-state index contributed by atoms with van der Waals surface area (Å²) in [6, 6.07) is 157. The van der Waals surface area contributed by atoms with Gasteiger partial charge >= 0.3 is 0 Å². The summed E-state index contributed by atoms with van der Waals surface area (Å²) in [7, 11) is 0. The Labute approximate surface area is 629 Å². The normalized spacial score (nSPS) is 14.5. The molecule has 0 saturated heterocycles. The van der Waals surface area contributed by atoms with Crippen molar-refractivity contribution in [2.24, 2.45) is 0 Å². The Hall–Kier alpha value is -13.9. The van der Waals surface area contributed by atoms with E-state index in [1.54, 1.807) is 0 Å². The van der Waals surface area contributed by atoms with Crippen LogP contribution in [0.4, 0.5) is 28.4 Å². The van der Waals surface area contributed by atoms with Crippen LogP contribution in [0.2, 0.25) is 0 Å². The van der Waals surface area contributed by atoms with Crippen LogP contribution in [0, 0.1) is 0 Å². The highest BCUT2D eigenvalue weighted by Crippen LogP contribution is 2.65. The van der Waals surface area contributed by atoms with Crippen molar-refractivity contribution in [2.45, 2.75) is 16.2 Å². The van der Waals surface area contributed by atoms with Gasteiger partial charge in [0.1, 0.15) is 0 Å². The molecule has 0 fully saturated rings. The van der Waals surface area contributed by atoms with Gasteiger partial charge in [0.15, 0.2) is 0 Å². The molecule has 1 N–H and O–H groups in total. The first kappa shape index (κ1) is 62.7. The Morgan fingerprint density at radius 1 is 0.241 bits per heavy atom. The van der Waals surface area contributed by atoms with Gasteiger partial charge in [-0.2, -0.15) is 0 Å². The van der Waals surface area contributed by atoms with Gasteiger partial charge in [0.05, 0.1) is 38.7 Å². The second kappa shape index (κ2) is 25.2. The summed E-state index contributed by atoms with van der Waals surface area (Å²) in [5, 5.41) is 6.32. The van der Waals surface area contributed by atoms with Gasteiger partial charge in [0, 0.05) is 44.6 Å². The predicted molar refractivity (Wildman–Crippen MR) is 448 cm³/mol. The molecule has 0 amide bonds. The minimum Gasteiger partial charge on any atom is -0.355 e. The van der Waals surface area contributed by atoms with E-state index in [-0.39, 0.29) is 5.41 Å². The number of nitrogens with zero attached hydrogens (tertiary/aromatic N) is 2. The van der Waals surface area contributed by atoms with Crippen molar-refractivity contribution >= 4 is 50.2 Å². The average molecular weight is 1370 g/mol. The fourth-order valence-electron chi connectivity index (χ4n) is 19.3. The third-order valence-electron chi connectivity index (χ3n) is 23.6. The molecule has 2 heterocycles. The standard InChI is InChI=1S/C68H44N2.C37H27N/c1-4-20-45(21-5-1)46-38-40-49(41-39-46)69(64-37-19-33-59-65(64)55-28-11-14-31-57(55)67(59,47-22-6-2-7-23-47)48-24-8-3-9-25-48)50-42-43-52-51-26-10-13-30-56(51)68(61(52)44-50)58-32-15-17-36-63(58)70-62-35-16-12-27-53(62)54-29-18-34-60(68)66(54)70;1-4-13-27(14-5-1)28-23-25-31(26-24-28)38-35-22-12-21-34-36(35)32-19-10-11-20-33(32)37(34,29-15-6-2-7-16-29)30-17-8-3-9-18-30/h1-44H;1-26,38H. The maximum absolute atomic E-state index is 3.76. The molecule has 1 aromatic heterocycles. The van der Waals surface area contributed by atoms with Gasteiger partial charge in [-0.25, -0.2) is 0 Å². The van der Waals surface area contributed by atoms with E-state index in [0.29, 0.717) is 0 Å². The van der Waals surface area contributed by atoms with Gasteiger partial charge < -0.3 is 14.8 Å². The maximum Gasteiger partial charge on any atom is 0.0755 e. The van der Waals surface area contributed by atoms with Crippen LogP contribution in [0.1, 0.15) is 66.8 Å². The second-order valence-corrected chi connectivity index (χ2v) is 28.9. The van der Waals surface area contributed by atoms with Crippen LogP contribution < -0.4 is 10.2 Å². The smallest absolute Gasteiger partial charge is 0.0755 e. The van der Waals surface area contributed by atoms with Crippen molar-refractivity contribution < 1.29 is 0 Å². The van der Waals surface area contributed by atoms with Crippen molar-refractivity contribution in [1.82, 2.24) is 4.57 Å². The Bertz CT molecular complexity index is 6410. The zero-order valence-corrected chi connectivity index (χ0v) is 59.3. The lowest BCUT2D eigenvalue weighted by atomic mass is 9.65. The van der Waals surface area contributed by atoms with E-state index in [0.717, 1.165) is 28.4 Å². The zero-order chi connectivity index (χ0) is 71.3. The predicted octanol–water partition coefficient (Wildman–Crippen LogP) is 26.4. The molecular formula is C105H71N3. The first-order valence-electron chi connectivity index (χ1n) is 37.6. The third-order valence-corrected chi connectivity index (χ3v) is 23.6. The highest BCUT2D eigenvalue weighted by Gasteiger charge is 2.53. The third kappa shape index (κ3) is 9.22. The quantitative estimate of drug-likeness (QED) is 0.139. The van der Waals surface area contributed by atoms with E-state index in [1.165, 1.54) is 150 Å². The first-order chi connectivity index (χ1) is 53.6. The Morgan fingerprint density at radius 3 is 1.22 bits per heavy atom. The Kier molecular flexibility index (Phi) is 14.6. The first-order valence-corrected chi connectivity index (χ1v) is 37.6. The fourth-order valence-corrected chi connectivity index (χ4v) is 19.3. The lowest BCUT2D eigenvalue weighted by Gasteiger charge is -2.40. The minimum atomic E-state index is -0.591. The van der Waals surface area contributed by atoms with Crippen LogP contribution in [0.3, 0.4) is 0 Å². The number of fused-ring (bicyclic) bond motifs is 18. The molecule has 506 valence electrons. The van der Waals surface area contributed by atoms with E-state index >= 15 is 0 Å². The monoisotopic (exact) mass is 1370 g/mol. The summed E-state index contributed by atoms with van der Waals surface area (Å²) in [5.74, 6) is 0. The van der Waals surface area contributed by atoms with Crippen LogP contribution in [-0.4, -0.2) is 4.57 Å². The van der Waals surface area contributed by atoms with E-state index in [2.05, 4.69) is 439 Å². The summed E-state index contributed by atoms with van der Waals surface area (Å²) in [6.45, 7) is 0. The van der Waals surface area contributed by atoms with Gasteiger partial charge in [0.2, 0.25) is 0 Å². The van der Waals surface area contributed by atoms with Crippen molar-refractivity contribution in [2.75, 3.05) is 10.2 Å². The van der Waals surface area contributed by atoms with E-state index < -0.39 is 10.8 Å². The highest BCUT2D eigenvalue weighted by atomic mass is 15.1. The molecule has 0 radical (unpaired) electrons. The molecule has 3 aliphatic carbocycles. The number of anilines is 5. The van der Waals surface area contributed by atoms with Gasteiger partial charge in [0.25, 0.3) is 0 Å². The summed E-state index contributed by atoms with van der Waals surface area (Å²) in [4.78, 5) is 2.54. The van der Waals surface area contributed by atoms with Gasteiger partial charge in [-0.15, -0.1) is 0 Å².